The van der Waals surface area contributed by atoms with Gasteiger partial charge in [-0.3, -0.25) is 9.59 Å². The summed E-state index contributed by atoms with van der Waals surface area (Å²) in [4.78, 5) is 23.6. The molecule has 0 spiro atoms. The SMILES string of the molecule is Cc1ccc(CCC(=O)NCC(=O)Nc2ccc(Br)cc2)cc1. The van der Waals surface area contributed by atoms with E-state index in [2.05, 4.69) is 26.6 Å². The number of nitrogens with one attached hydrogen (secondary N) is 2. The zero-order valence-electron chi connectivity index (χ0n) is 12.9. The van der Waals surface area contributed by atoms with Gasteiger partial charge in [0.2, 0.25) is 11.8 Å². The Bertz CT molecular complexity index is 666. The third kappa shape index (κ3) is 6.24. The van der Waals surface area contributed by atoms with Crippen LogP contribution >= 0.6 is 15.9 Å². The Kier molecular flexibility index (Phi) is 6.35. The van der Waals surface area contributed by atoms with Gasteiger partial charge >= 0.3 is 0 Å². The van der Waals surface area contributed by atoms with Crippen molar-refractivity contribution in [2.75, 3.05) is 11.9 Å². The molecule has 0 fully saturated rings. The fourth-order valence-electron chi connectivity index (χ4n) is 2.02. The van der Waals surface area contributed by atoms with E-state index in [1.54, 1.807) is 12.1 Å². The smallest absolute Gasteiger partial charge is 0.243 e. The molecule has 0 atom stereocenters. The Balaban J connectivity index is 1.70. The van der Waals surface area contributed by atoms with Crippen LogP contribution in [0.15, 0.2) is 53.0 Å². The summed E-state index contributed by atoms with van der Waals surface area (Å²) in [6.07, 6.45) is 1.04. The van der Waals surface area contributed by atoms with Crippen molar-refractivity contribution in [3.8, 4) is 0 Å². The zero-order chi connectivity index (χ0) is 16.7. The molecule has 0 radical (unpaired) electrons. The summed E-state index contributed by atoms with van der Waals surface area (Å²) in [5, 5.41) is 5.37. The lowest BCUT2D eigenvalue weighted by atomic mass is 10.1. The highest BCUT2D eigenvalue weighted by atomic mass is 79.9. The fraction of sp³-hybridized carbons (Fsp3) is 0.222. The summed E-state index contributed by atoms with van der Waals surface area (Å²) < 4.78 is 0.944. The predicted octanol–water partition coefficient (Wildman–Crippen LogP) is 3.45. The second-order valence-corrected chi connectivity index (χ2v) is 6.23. The molecule has 0 aliphatic carbocycles. The molecule has 0 bridgehead atoms. The van der Waals surface area contributed by atoms with Gasteiger partial charge in [0.25, 0.3) is 0 Å². The molecule has 5 heteroatoms. The Morgan fingerprint density at radius 3 is 2.26 bits per heavy atom. The quantitative estimate of drug-likeness (QED) is 0.813. The van der Waals surface area contributed by atoms with Crippen molar-refractivity contribution in [1.82, 2.24) is 5.32 Å². The molecule has 2 rings (SSSR count). The molecule has 0 saturated heterocycles. The fourth-order valence-corrected chi connectivity index (χ4v) is 2.28. The van der Waals surface area contributed by atoms with Crippen LogP contribution in [0.3, 0.4) is 0 Å². The molecule has 0 aliphatic rings. The van der Waals surface area contributed by atoms with Gasteiger partial charge in [0.05, 0.1) is 6.54 Å². The summed E-state index contributed by atoms with van der Waals surface area (Å²) in [6, 6.07) is 15.4. The zero-order valence-corrected chi connectivity index (χ0v) is 14.5. The number of rotatable bonds is 6. The van der Waals surface area contributed by atoms with Gasteiger partial charge in [-0.15, -0.1) is 0 Å². The summed E-state index contributed by atoms with van der Waals surface area (Å²) in [6.45, 7) is 2.00. The third-order valence-electron chi connectivity index (χ3n) is 3.34. The van der Waals surface area contributed by atoms with Crippen LogP contribution in [0, 0.1) is 6.92 Å². The van der Waals surface area contributed by atoms with E-state index in [0.717, 1.165) is 10.0 Å². The van der Waals surface area contributed by atoms with Crippen LogP contribution in [0.5, 0.6) is 0 Å². The molecule has 2 aromatic rings. The minimum Gasteiger partial charge on any atom is -0.347 e. The average Bonchev–Trinajstić information content (AvgIpc) is 2.54. The normalized spacial score (nSPS) is 10.2. The van der Waals surface area contributed by atoms with E-state index in [1.807, 2.05) is 43.3 Å². The van der Waals surface area contributed by atoms with Crippen molar-refractivity contribution in [2.45, 2.75) is 19.8 Å². The lowest BCUT2D eigenvalue weighted by Gasteiger charge is -2.07. The van der Waals surface area contributed by atoms with Gasteiger partial charge < -0.3 is 10.6 Å². The van der Waals surface area contributed by atoms with E-state index in [9.17, 15) is 9.59 Å². The molecule has 0 heterocycles. The van der Waals surface area contributed by atoms with E-state index < -0.39 is 0 Å². The lowest BCUT2D eigenvalue weighted by molar-refractivity contribution is -0.124. The molecule has 0 aromatic heterocycles. The molecule has 0 saturated carbocycles. The first-order valence-electron chi connectivity index (χ1n) is 7.40. The molecule has 2 aromatic carbocycles. The second-order valence-electron chi connectivity index (χ2n) is 5.32. The Labute approximate surface area is 144 Å². The number of anilines is 1. The molecular weight excluding hydrogens is 356 g/mol. The number of halogens is 1. The van der Waals surface area contributed by atoms with Gasteiger partial charge in [-0.25, -0.2) is 0 Å². The highest BCUT2D eigenvalue weighted by molar-refractivity contribution is 9.10. The maximum absolute atomic E-state index is 11.8. The van der Waals surface area contributed by atoms with Crippen molar-refractivity contribution >= 4 is 33.4 Å². The minimum absolute atomic E-state index is 0.0250. The van der Waals surface area contributed by atoms with Crippen molar-refractivity contribution in [1.29, 1.82) is 0 Å². The topological polar surface area (TPSA) is 58.2 Å². The van der Waals surface area contributed by atoms with Crippen LogP contribution in [0.2, 0.25) is 0 Å². The Morgan fingerprint density at radius 2 is 1.61 bits per heavy atom. The summed E-state index contributed by atoms with van der Waals surface area (Å²) in [7, 11) is 0. The first-order chi connectivity index (χ1) is 11.0. The maximum atomic E-state index is 11.8. The molecule has 2 N–H and O–H groups in total. The monoisotopic (exact) mass is 374 g/mol. The molecule has 23 heavy (non-hydrogen) atoms. The standard InChI is InChI=1S/C18H19BrN2O2/c1-13-2-4-14(5-3-13)6-11-17(22)20-12-18(23)21-16-9-7-15(19)8-10-16/h2-5,7-10H,6,11-12H2,1H3,(H,20,22)(H,21,23). The maximum Gasteiger partial charge on any atom is 0.243 e. The first-order valence-corrected chi connectivity index (χ1v) is 8.20. The minimum atomic E-state index is -0.240. The van der Waals surface area contributed by atoms with Gasteiger partial charge in [0.1, 0.15) is 0 Å². The number of hydrogen-bond donors (Lipinski definition) is 2. The van der Waals surface area contributed by atoms with Crippen LogP contribution < -0.4 is 10.6 Å². The number of carbonyl (C=O) groups is 2. The van der Waals surface area contributed by atoms with E-state index in [0.29, 0.717) is 18.5 Å². The number of aryl methyl sites for hydroxylation is 2. The van der Waals surface area contributed by atoms with Gasteiger partial charge in [-0.05, 0) is 43.2 Å². The van der Waals surface area contributed by atoms with Crippen molar-refractivity contribution in [3.63, 3.8) is 0 Å². The number of hydrogen-bond acceptors (Lipinski definition) is 2. The van der Waals surface area contributed by atoms with E-state index in [-0.39, 0.29) is 18.4 Å². The first kappa shape index (κ1) is 17.2. The van der Waals surface area contributed by atoms with Crippen LogP contribution in [-0.4, -0.2) is 18.4 Å². The highest BCUT2D eigenvalue weighted by Gasteiger charge is 2.06. The number of amides is 2. The van der Waals surface area contributed by atoms with E-state index in [4.69, 9.17) is 0 Å². The van der Waals surface area contributed by atoms with E-state index in [1.165, 1.54) is 5.56 Å². The third-order valence-corrected chi connectivity index (χ3v) is 3.86. The van der Waals surface area contributed by atoms with Crippen LogP contribution in [0.1, 0.15) is 17.5 Å². The van der Waals surface area contributed by atoms with Crippen molar-refractivity contribution in [2.24, 2.45) is 0 Å². The summed E-state index contributed by atoms with van der Waals surface area (Å²) in [5.41, 5.74) is 3.01. The molecule has 0 aliphatic heterocycles. The molecular formula is C18H19BrN2O2. The molecule has 2 amide bonds. The highest BCUT2D eigenvalue weighted by Crippen LogP contribution is 2.13. The number of benzene rings is 2. The van der Waals surface area contributed by atoms with Crippen LogP contribution in [0.25, 0.3) is 0 Å². The molecule has 120 valence electrons. The average molecular weight is 375 g/mol. The van der Waals surface area contributed by atoms with Gasteiger partial charge in [-0.2, -0.15) is 0 Å². The van der Waals surface area contributed by atoms with Gasteiger partial charge in [0, 0.05) is 16.6 Å². The van der Waals surface area contributed by atoms with Gasteiger partial charge in [0.15, 0.2) is 0 Å². The number of carbonyl (C=O) groups excluding carboxylic acids is 2. The van der Waals surface area contributed by atoms with Crippen LogP contribution in [0.4, 0.5) is 5.69 Å². The second kappa shape index (κ2) is 8.48. The summed E-state index contributed by atoms with van der Waals surface area (Å²) >= 11 is 3.33. The van der Waals surface area contributed by atoms with Gasteiger partial charge in [-0.1, -0.05) is 45.8 Å². The Hall–Kier alpha value is -2.14. The van der Waals surface area contributed by atoms with Crippen molar-refractivity contribution in [3.05, 3.63) is 64.1 Å². The molecule has 0 unspecified atom stereocenters. The Morgan fingerprint density at radius 1 is 0.957 bits per heavy atom. The predicted molar refractivity (Wildman–Crippen MR) is 95.3 cm³/mol. The van der Waals surface area contributed by atoms with E-state index >= 15 is 0 Å². The largest absolute Gasteiger partial charge is 0.347 e. The van der Waals surface area contributed by atoms with Crippen molar-refractivity contribution < 1.29 is 9.59 Å². The lowest BCUT2D eigenvalue weighted by Crippen LogP contribution is -2.32. The van der Waals surface area contributed by atoms with Crippen LogP contribution in [-0.2, 0) is 16.0 Å². The summed E-state index contributed by atoms with van der Waals surface area (Å²) in [5.74, 6) is -0.368. The molecule has 4 nitrogen and oxygen atoms in total.